The Labute approximate surface area is 155 Å². The number of carbonyl (C=O) groups is 1. The van der Waals surface area contributed by atoms with E-state index >= 15 is 0 Å². The van der Waals surface area contributed by atoms with E-state index in [1.54, 1.807) is 0 Å². The highest BCUT2D eigenvalue weighted by Crippen LogP contribution is 2.31. The highest BCUT2D eigenvalue weighted by molar-refractivity contribution is 7.22. The molecule has 4 nitrogen and oxygen atoms in total. The Morgan fingerprint density at radius 2 is 1.81 bits per heavy atom. The lowest BCUT2D eigenvalue weighted by Gasteiger charge is -2.08. The third-order valence-corrected chi connectivity index (χ3v) is 5.40. The normalized spacial score (nSPS) is 11.0. The molecule has 0 fully saturated rings. The van der Waals surface area contributed by atoms with Crippen molar-refractivity contribution < 1.29 is 9.53 Å². The zero-order valence-electron chi connectivity index (χ0n) is 14.6. The summed E-state index contributed by atoms with van der Waals surface area (Å²) in [6.45, 7) is 4.02. The number of nitrogens with one attached hydrogen (secondary N) is 1. The molecule has 4 aromatic rings. The summed E-state index contributed by atoms with van der Waals surface area (Å²) in [6.07, 6.45) is 0. The zero-order valence-corrected chi connectivity index (χ0v) is 15.4. The molecular formula is C21H18N2O2S. The van der Waals surface area contributed by atoms with E-state index < -0.39 is 0 Å². The van der Waals surface area contributed by atoms with Gasteiger partial charge < -0.3 is 4.74 Å². The minimum atomic E-state index is -0.215. The van der Waals surface area contributed by atoms with Crippen LogP contribution in [0.5, 0.6) is 5.75 Å². The van der Waals surface area contributed by atoms with Gasteiger partial charge in [0.05, 0.1) is 10.2 Å². The van der Waals surface area contributed by atoms with Crippen LogP contribution < -0.4 is 10.1 Å². The van der Waals surface area contributed by atoms with E-state index in [1.165, 1.54) is 11.3 Å². The van der Waals surface area contributed by atoms with Gasteiger partial charge in [0.25, 0.3) is 5.91 Å². The molecule has 0 aliphatic rings. The van der Waals surface area contributed by atoms with Gasteiger partial charge in [-0.05, 0) is 36.4 Å². The molecule has 0 aliphatic heterocycles. The Morgan fingerprint density at radius 1 is 1.04 bits per heavy atom. The van der Waals surface area contributed by atoms with Crippen LogP contribution in [-0.2, 0) is 4.79 Å². The Morgan fingerprint density at radius 3 is 2.65 bits per heavy atom. The maximum Gasteiger partial charge on any atom is 0.264 e. The van der Waals surface area contributed by atoms with Gasteiger partial charge in [-0.3, -0.25) is 10.1 Å². The second-order valence-electron chi connectivity index (χ2n) is 6.21. The number of hydrogen-bond acceptors (Lipinski definition) is 4. The van der Waals surface area contributed by atoms with Crippen LogP contribution in [0.1, 0.15) is 11.1 Å². The van der Waals surface area contributed by atoms with Crippen molar-refractivity contribution in [1.29, 1.82) is 0 Å². The highest BCUT2D eigenvalue weighted by Gasteiger charge is 2.12. The first-order valence-electron chi connectivity index (χ1n) is 8.39. The number of hydrogen-bond donors (Lipinski definition) is 1. The summed E-state index contributed by atoms with van der Waals surface area (Å²) in [5, 5.41) is 5.53. The maximum atomic E-state index is 12.3. The minimum absolute atomic E-state index is 0.0537. The molecule has 3 aromatic carbocycles. The Hall–Kier alpha value is -2.92. The van der Waals surface area contributed by atoms with E-state index in [0.29, 0.717) is 10.9 Å². The fourth-order valence-corrected chi connectivity index (χ4v) is 3.96. The van der Waals surface area contributed by atoms with Crippen molar-refractivity contribution in [1.82, 2.24) is 4.98 Å². The van der Waals surface area contributed by atoms with Gasteiger partial charge in [-0.2, -0.15) is 0 Å². The number of carbonyl (C=O) groups excluding carboxylic acids is 1. The molecule has 0 atom stereocenters. The molecule has 5 heteroatoms. The number of rotatable bonds is 4. The molecule has 26 heavy (non-hydrogen) atoms. The third-order valence-electron chi connectivity index (χ3n) is 4.30. The van der Waals surface area contributed by atoms with Gasteiger partial charge in [0.15, 0.2) is 11.7 Å². The molecule has 0 bridgehead atoms. The smallest absolute Gasteiger partial charge is 0.264 e. The monoisotopic (exact) mass is 362 g/mol. The second-order valence-corrected chi connectivity index (χ2v) is 7.21. The van der Waals surface area contributed by atoms with E-state index in [-0.39, 0.29) is 12.5 Å². The van der Waals surface area contributed by atoms with Crippen molar-refractivity contribution in [3.63, 3.8) is 0 Å². The van der Waals surface area contributed by atoms with Crippen molar-refractivity contribution in [2.24, 2.45) is 0 Å². The minimum Gasteiger partial charge on any atom is -0.483 e. The standard InChI is InChI=1S/C21H18N2O2S/c1-13-10-11-14(2)20-19(13)23-21(26-20)22-18(24)12-25-17-9-5-7-15-6-3-4-8-16(15)17/h3-11H,12H2,1-2H3,(H,22,23,24). The molecule has 0 unspecified atom stereocenters. The molecule has 0 spiro atoms. The number of anilines is 1. The molecule has 1 N–H and O–H groups in total. The molecule has 0 radical (unpaired) electrons. The van der Waals surface area contributed by atoms with E-state index in [0.717, 1.165) is 32.1 Å². The highest BCUT2D eigenvalue weighted by atomic mass is 32.1. The van der Waals surface area contributed by atoms with Crippen molar-refractivity contribution in [2.45, 2.75) is 13.8 Å². The lowest BCUT2D eigenvalue weighted by atomic mass is 10.1. The van der Waals surface area contributed by atoms with Crippen LogP contribution >= 0.6 is 11.3 Å². The zero-order chi connectivity index (χ0) is 18.1. The van der Waals surface area contributed by atoms with E-state index in [1.807, 2.05) is 55.5 Å². The average Bonchev–Trinajstić information content (AvgIpc) is 3.08. The van der Waals surface area contributed by atoms with Crippen LogP contribution in [-0.4, -0.2) is 17.5 Å². The summed E-state index contributed by atoms with van der Waals surface area (Å²) < 4.78 is 6.85. The summed E-state index contributed by atoms with van der Waals surface area (Å²) in [7, 11) is 0. The summed E-state index contributed by atoms with van der Waals surface area (Å²) >= 11 is 1.49. The Kier molecular flexibility index (Phi) is 4.31. The van der Waals surface area contributed by atoms with Crippen molar-refractivity contribution in [2.75, 3.05) is 11.9 Å². The lowest BCUT2D eigenvalue weighted by molar-refractivity contribution is -0.118. The maximum absolute atomic E-state index is 12.3. The van der Waals surface area contributed by atoms with Gasteiger partial charge in [-0.1, -0.05) is 59.9 Å². The number of amides is 1. The molecule has 0 aliphatic carbocycles. The van der Waals surface area contributed by atoms with Crippen LogP contribution in [0.25, 0.3) is 21.0 Å². The SMILES string of the molecule is Cc1ccc(C)c2sc(NC(=O)COc3cccc4ccccc34)nc12. The van der Waals surface area contributed by atoms with E-state index in [2.05, 4.69) is 23.3 Å². The number of ether oxygens (including phenoxy) is 1. The molecular weight excluding hydrogens is 344 g/mol. The predicted molar refractivity (Wildman–Crippen MR) is 107 cm³/mol. The second kappa shape index (κ2) is 6.77. The summed E-state index contributed by atoms with van der Waals surface area (Å²) in [5.74, 6) is 0.488. The first-order valence-corrected chi connectivity index (χ1v) is 9.20. The van der Waals surface area contributed by atoms with Crippen LogP contribution in [0.2, 0.25) is 0 Å². The molecule has 1 aromatic heterocycles. The van der Waals surface area contributed by atoms with E-state index in [9.17, 15) is 4.79 Å². The summed E-state index contributed by atoms with van der Waals surface area (Å²) in [5.41, 5.74) is 3.21. The van der Waals surface area contributed by atoms with Crippen LogP contribution in [0.4, 0.5) is 5.13 Å². The fraction of sp³-hybridized carbons (Fsp3) is 0.143. The first-order chi connectivity index (χ1) is 12.6. The molecule has 0 saturated carbocycles. The van der Waals surface area contributed by atoms with Gasteiger partial charge in [0.1, 0.15) is 5.75 Å². The summed E-state index contributed by atoms with van der Waals surface area (Å²) in [6, 6.07) is 17.9. The number of fused-ring (bicyclic) bond motifs is 2. The molecule has 4 rings (SSSR count). The predicted octanol–water partition coefficient (Wildman–Crippen LogP) is 5.08. The topological polar surface area (TPSA) is 51.2 Å². The fourth-order valence-electron chi connectivity index (χ4n) is 2.93. The Bertz CT molecular complexity index is 1070. The molecule has 0 saturated heterocycles. The van der Waals surface area contributed by atoms with Crippen molar-refractivity contribution in [3.8, 4) is 5.75 Å². The molecule has 130 valence electrons. The van der Waals surface area contributed by atoms with Gasteiger partial charge in [-0.15, -0.1) is 0 Å². The lowest BCUT2D eigenvalue weighted by Crippen LogP contribution is -2.20. The molecule has 1 amide bonds. The number of aryl methyl sites for hydroxylation is 2. The number of nitrogens with zero attached hydrogens (tertiary/aromatic N) is 1. The number of benzene rings is 3. The van der Waals surface area contributed by atoms with Crippen LogP contribution in [0.3, 0.4) is 0 Å². The van der Waals surface area contributed by atoms with Crippen LogP contribution in [0.15, 0.2) is 54.6 Å². The van der Waals surface area contributed by atoms with Gasteiger partial charge in [-0.25, -0.2) is 4.98 Å². The van der Waals surface area contributed by atoms with Gasteiger partial charge in [0, 0.05) is 5.39 Å². The van der Waals surface area contributed by atoms with E-state index in [4.69, 9.17) is 4.74 Å². The van der Waals surface area contributed by atoms with Crippen LogP contribution in [0, 0.1) is 13.8 Å². The van der Waals surface area contributed by atoms with Gasteiger partial charge >= 0.3 is 0 Å². The summed E-state index contributed by atoms with van der Waals surface area (Å²) in [4.78, 5) is 16.8. The van der Waals surface area contributed by atoms with Crippen molar-refractivity contribution in [3.05, 3.63) is 65.7 Å². The van der Waals surface area contributed by atoms with Gasteiger partial charge in [0.2, 0.25) is 0 Å². The van der Waals surface area contributed by atoms with Crippen molar-refractivity contribution >= 4 is 43.4 Å². The first kappa shape index (κ1) is 16.5. The largest absolute Gasteiger partial charge is 0.483 e. The number of aromatic nitrogens is 1. The number of thiazole rings is 1. The average molecular weight is 362 g/mol. The third kappa shape index (κ3) is 3.13. The molecule has 1 heterocycles. The Balaban J connectivity index is 1.49. The quantitative estimate of drug-likeness (QED) is 0.550.